The first kappa shape index (κ1) is 9.52. The van der Waals surface area contributed by atoms with Gasteiger partial charge in [-0.15, -0.1) is 0 Å². The molecule has 0 heterocycles. The quantitative estimate of drug-likeness (QED) is 0.565. The van der Waals surface area contributed by atoms with E-state index in [0.29, 0.717) is 0 Å². The molecular formula is C10H11NO2S. The summed E-state index contributed by atoms with van der Waals surface area (Å²) in [7, 11) is 0. The van der Waals surface area contributed by atoms with E-state index in [1.807, 2.05) is 17.8 Å². The number of benzene rings is 1. The second-order valence-electron chi connectivity index (χ2n) is 3.44. The van der Waals surface area contributed by atoms with Gasteiger partial charge in [-0.3, -0.25) is 10.1 Å². The van der Waals surface area contributed by atoms with E-state index in [2.05, 4.69) is 0 Å². The predicted molar refractivity (Wildman–Crippen MR) is 57.4 cm³/mol. The van der Waals surface area contributed by atoms with Gasteiger partial charge >= 0.3 is 0 Å². The number of nitrogens with zero attached hydrogens (tertiary/aromatic N) is 1. The molecule has 1 aromatic rings. The fourth-order valence-corrected chi connectivity index (χ4v) is 2.29. The maximum absolute atomic E-state index is 10.5. The molecule has 1 aliphatic rings. The summed E-state index contributed by atoms with van der Waals surface area (Å²) in [5, 5.41) is 11.3. The molecule has 0 aliphatic heterocycles. The first-order chi connectivity index (χ1) is 6.75. The summed E-state index contributed by atoms with van der Waals surface area (Å²) in [5.41, 5.74) is 1.25. The van der Waals surface area contributed by atoms with Crippen molar-refractivity contribution in [3.63, 3.8) is 0 Å². The molecule has 0 aromatic heterocycles. The second kappa shape index (κ2) is 4.00. The lowest BCUT2D eigenvalue weighted by atomic mass is 10.2. The van der Waals surface area contributed by atoms with Crippen LogP contribution in [0, 0.1) is 10.1 Å². The van der Waals surface area contributed by atoms with Gasteiger partial charge in [0.1, 0.15) is 0 Å². The lowest BCUT2D eigenvalue weighted by Crippen LogP contribution is -1.89. The largest absolute Gasteiger partial charge is 0.269 e. The van der Waals surface area contributed by atoms with Crippen molar-refractivity contribution >= 4 is 17.4 Å². The third kappa shape index (κ3) is 2.48. The minimum atomic E-state index is -0.342. The van der Waals surface area contributed by atoms with Crippen LogP contribution in [0.2, 0.25) is 0 Å². The fraction of sp³-hybridized carbons (Fsp3) is 0.400. The van der Waals surface area contributed by atoms with Crippen LogP contribution in [0.5, 0.6) is 0 Å². The maximum atomic E-state index is 10.5. The van der Waals surface area contributed by atoms with Crippen LogP contribution in [-0.2, 0) is 5.75 Å². The molecule has 0 spiro atoms. The van der Waals surface area contributed by atoms with Crippen molar-refractivity contribution in [1.82, 2.24) is 0 Å². The first-order valence-corrected chi connectivity index (χ1v) is 5.65. The Kier molecular flexibility index (Phi) is 2.72. The zero-order chi connectivity index (χ0) is 9.97. The monoisotopic (exact) mass is 209 g/mol. The Morgan fingerprint density at radius 3 is 2.93 bits per heavy atom. The maximum Gasteiger partial charge on any atom is 0.269 e. The van der Waals surface area contributed by atoms with Crippen molar-refractivity contribution in [3.8, 4) is 0 Å². The molecule has 0 bridgehead atoms. The SMILES string of the molecule is O=[N+]([O-])c1cccc(CSC2CC2)c1. The summed E-state index contributed by atoms with van der Waals surface area (Å²) in [6.45, 7) is 0. The average molecular weight is 209 g/mol. The van der Waals surface area contributed by atoms with Crippen LogP contribution in [-0.4, -0.2) is 10.2 Å². The van der Waals surface area contributed by atoms with E-state index in [4.69, 9.17) is 0 Å². The standard InChI is InChI=1S/C10H11NO2S/c12-11(13)9-3-1-2-8(6-9)7-14-10-4-5-10/h1-3,6,10H,4-5,7H2. The van der Waals surface area contributed by atoms with Gasteiger partial charge in [-0.05, 0) is 18.4 Å². The Morgan fingerprint density at radius 2 is 2.29 bits per heavy atom. The third-order valence-electron chi connectivity index (χ3n) is 2.13. The van der Waals surface area contributed by atoms with E-state index >= 15 is 0 Å². The van der Waals surface area contributed by atoms with Gasteiger partial charge < -0.3 is 0 Å². The lowest BCUT2D eigenvalue weighted by Gasteiger charge is -1.99. The molecule has 0 radical (unpaired) electrons. The van der Waals surface area contributed by atoms with Crippen molar-refractivity contribution in [2.75, 3.05) is 0 Å². The predicted octanol–water partition coefficient (Wildman–Crippen LogP) is 2.99. The second-order valence-corrected chi connectivity index (χ2v) is 4.73. The molecule has 0 N–H and O–H groups in total. The summed E-state index contributed by atoms with van der Waals surface area (Å²) in [4.78, 5) is 10.2. The molecule has 1 saturated carbocycles. The Morgan fingerprint density at radius 1 is 1.50 bits per heavy atom. The van der Waals surface area contributed by atoms with Crippen molar-refractivity contribution in [2.24, 2.45) is 0 Å². The van der Waals surface area contributed by atoms with Crippen LogP contribution in [0.25, 0.3) is 0 Å². The zero-order valence-electron chi connectivity index (χ0n) is 7.68. The Hall–Kier alpha value is -1.03. The van der Waals surface area contributed by atoms with E-state index in [1.165, 1.54) is 18.9 Å². The molecule has 0 saturated heterocycles. The van der Waals surface area contributed by atoms with Crippen LogP contribution in [0.15, 0.2) is 24.3 Å². The highest BCUT2D eigenvalue weighted by Crippen LogP contribution is 2.36. The van der Waals surface area contributed by atoms with Crippen LogP contribution in [0.1, 0.15) is 18.4 Å². The van der Waals surface area contributed by atoms with E-state index in [1.54, 1.807) is 12.1 Å². The normalized spacial score (nSPS) is 15.4. The first-order valence-electron chi connectivity index (χ1n) is 4.60. The summed E-state index contributed by atoms with van der Waals surface area (Å²) in [6, 6.07) is 6.89. The lowest BCUT2D eigenvalue weighted by molar-refractivity contribution is -0.384. The molecular weight excluding hydrogens is 198 g/mol. The number of non-ortho nitro benzene ring substituents is 1. The number of nitro groups is 1. The number of nitro benzene ring substituents is 1. The smallest absolute Gasteiger partial charge is 0.258 e. The van der Waals surface area contributed by atoms with E-state index in [9.17, 15) is 10.1 Å². The van der Waals surface area contributed by atoms with Crippen LogP contribution in [0.4, 0.5) is 5.69 Å². The van der Waals surface area contributed by atoms with Crippen LogP contribution in [0.3, 0.4) is 0 Å². The number of rotatable bonds is 4. The fourth-order valence-electron chi connectivity index (χ4n) is 1.21. The van der Waals surface area contributed by atoms with Crippen molar-refractivity contribution in [1.29, 1.82) is 0 Å². The minimum Gasteiger partial charge on any atom is -0.258 e. The van der Waals surface area contributed by atoms with Crippen LogP contribution >= 0.6 is 11.8 Å². The molecule has 2 rings (SSSR count). The highest BCUT2D eigenvalue weighted by molar-refractivity contribution is 7.99. The highest BCUT2D eigenvalue weighted by atomic mass is 32.2. The molecule has 14 heavy (non-hydrogen) atoms. The van der Waals surface area contributed by atoms with Crippen molar-refractivity contribution in [2.45, 2.75) is 23.8 Å². The molecule has 0 unspecified atom stereocenters. The van der Waals surface area contributed by atoms with Crippen molar-refractivity contribution < 1.29 is 4.92 Å². The summed E-state index contributed by atoms with van der Waals surface area (Å²) < 4.78 is 0. The average Bonchev–Trinajstić information content (AvgIpc) is 2.99. The van der Waals surface area contributed by atoms with Crippen molar-refractivity contribution in [3.05, 3.63) is 39.9 Å². The molecule has 3 nitrogen and oxygen atoms in total. The Bertz CT molecular complexity index is 350. The van der Waals surface area contributed by atoms with E-state index < -0.39 is 0 Å². The Labute approximate surface area is 86.7 Å². The zero-order valence-corrected chi connectivity index (χ0v) is 8.50. The van der Waals surface area contributed by atoms with E-state index in [0.717, 1.165) is 16.6 Å². The molecule has 1 fully saturated rings. The summed E-state index contributed by atoms with van der Waals surface area (Å²) >= 11 is 1.89. The molecule has 1 aliphatic carbocycles. The minimum absolute atomic E-state index is 0.193. The van der Waals surface area contributed by atoms with Gasteiger partial charge in [0.05, 0.1) is 4.92 Å². The topological polar surface area (TPSA) is 43.1 Å². The van der Waals surface area contributed by atoms with Crippen LogP contribution < -0.4 is 0 Å². The van der Waals surface area contributed by atoms with Gasteiger partial charge in [0, 0.05) is 23.1 Å². The molecule has 0 amide bonds. The van der Waals surface area contributed by atoms with E-state index in [-0.39, 0.29) is 10.6 Å². The summed E-state index contributed by atoms with van der Waals surface area (Å²) in [6.07, 6.45) is 2.61. The van der Waals surface area contributed by atoms with Gasteiger partial charge in [-0.2, -0.15) is 11.8 Å². The highest BCUT2D eigenvalue weighted by Gasteiger charge is 2.21. The molecule has 4 heteroatoms. The van der Waals surface area contributed by atoms with Gasteiger partial charge in [0.2, 0.25) is 0 Å². The van der Waals surface area contributed by atoms with Gasteiger partial charge in [0.15, 0.2) is 0 Å². The molecule has 74 valence electrons. The number of thioether (sulfide) groups is 1. The summed E-state index contributed by atoms with van der Waals surface area (Å²) in [5.74, 6) is 0.895. The van der Waals surface area contributed by atoms with Gasteiger partial charge in [-0.25, -0.2) is 0 Å². The Balaban J connectivity index is 2.01. The number of hydrogen-bond donors (Lipinski definition) is 0. The molecule has 1 aromatic carbocycles. The third-order valence-corrected chi connectivity index (χ3v) is 3.57. The molecule has 0 atom stereocenters. The van der Waals surface area contributed by atoms with Gasteiger partial charge in [0.25, 0.3) is 5.69 Å². The van der Waals surface area contributed by atoms with Gasteiger partial charge in [-0.1, -0.05) is 12.1 Å². The number of hydrogen-bond acceptors (Lipinski definition) is 3.